The second kappa shape index (κ2) is 8.46. The Labute approximate surface area is 177 Å². The molecule has 3 aliphatic rings. The number of likely N-dealkylation sites (tertiary alicyclic amines) is 1. The summed E-state index contributed by atoms with van der Waals surface area (Å²) in [6, 6.07) is -1.44. The van der Waals surface area contributed by atoms with Gasteiger partial charge in [0.15, 0.2) is 6.17 Å². The lowest BCUT2D eigenvalue weighted by molar-refractivity contribution is 0.157. The largest absolute Gasteiger partial charge is 0.497 e. The molecule has 0 aromatic carbocycles. The third-order valence-corrected chi connectivity index (χ3v) is 7.00. The standard InChI is InChI=1S/C21H29F3N4O3/c1-10-17-14(20(29)26-21(30)28(17)13-3-4-13)19(31-2)15(24)18(10)27-6-5-11(9-27)16(25)12(7-22)8-23/h11-13,15-16,18H,3-9,25H2,1-2H3,(H,26,29,30). The maximum atomic E-state index is 15.7. The number of aromatic amines is 1. The van der Waals surface area contributed by atoms with Gasteiger partial charge >= 0.3 is 5.69 Å². The monoisotopic (exact) mass is 442 g/mol. The lowest BCUT2D eigenvalue weighted by atomic mass is 9.89. The fraction of sp³-hybridized carbons (Fsp3) is 0.714. The maximum Gasteiger partial charge on any atom is 0.329 e. The molecule has 0 bridgehead atoms. The highest BCUT2D eigenvalue weighted by Crippen LogP contribution is 2.34. The molecule has 31 heavy (non-hydrogen) atoms. The number of hydrogen-bond donors (Lipinski definition) is 2. The summed E-state index contributed by atoms with van der Waals surface area (Å²) in [4.78, 5) is 29.4. The van der Waals surface area contributed by atoms with Crippen molar-refractivity contribution in [3.8, 4) is 0 Å². The van der Waals surface area contributed by atoms with Gasteiger partial charge in [-0.15, -0.1) is 0 Å². The summed E-state index contributed by atoms with van der Waals surface area (Å²) in [5, 5.41) is 0.489. The Balaban J connectivity index is 1.79. The minimum Gasteiger partial charge on any atom is -0.497 e. The minimum absolute atomic E-state index is 0.0300. The SMILES string of the molecule is COC1=c2c(=O)[nH]c(=O)n(C3CC3)c2=C(C)C(N2CCC(C(N)C(CF)CF)C2)C1F. The number of fused-ring (bicyclic) bond motifs is 1. The zero-order chi connectivity index (χ0) is 22.4. The molecule has 2 heterocycles. The summed E-state index contributed by atoms with van der Waals surface area (Å²) >= 11 is 0. The Kier molecular flexibility index (Phi) is 6.04. The zero-order valence-corrected chi connectivity index (χ0v) is 17.7. The number of nitrogens with two attached hydrogens (primary N) is 1. The highest BCUT2D eigenvalue weighted by Gasteiger charge is 2.43. The van der Waals surface area contributed by atoms with Gasteiger partial charge in [0.1, 0.15) is 11.0 Å². The zero-order valence-electron chi connectivity index (χ0n) is 17.7. The molecule has 1 aliphatic heterocycles. The van der Waals surface area contributed by atoms with Gasteiger partial charge in [0, 0.05) is 24.5 Å². The maximum absolute atomic E-state index is 15.7. The molecule has 1 saturated heterocycles. The molecule has 2 aliphatic carbocycles. The van der Waals surface area contributed by atoms with Gasteiger partial charge in [0.25, 0.3) is 5.56 Å². The van der Waals surface area contributed by atoms with Gasteiger partial charge in [-0.2, -0.15) is 0 Å². The molecule has 3 N–H and O–H groups in total. The third-order valence-electron chi connectivity index (χ3n) is 7.00. The van der Waals surface area contributed by atoms with E-state index in [1.54, 1.807) is 11.5 Å². The summed E-state index contributed by atoms with van der Waals surface area (Å²) in [6.07, 6.45) is 0.601. The molecule has 0 spiro atoms. The van der Waals surface area contributed by atoms with Gasteiger partial charge in [0.05, 0.1) is 31.8 Å². The first kappa shape index (κ1) is 22.1. The summed E-state index contributed by atoms with van der Waals surface area (Å²) in [5.74, 6) is -1.14. The van der Waals surface area contributed by atoms with E-state index >= 15 is 4.39 Å². The van der Waals surface area contributed by atoms with E-state index in [0.29, 0.717) is 30.4 Å². The average molecular weight is 442 g/mol. The number of ether oxygens (including phenoxy) is 1. The van der Waals surface area contributed by atoms with Gasteiger partial charge in [-0.25, -0.2) is 9.18 Å². The fourth-order valence-electron chi connectivity index (χ4n) is 5.17. The molecule has 10 heteroatoms. The highest BCUT2D eigenvalue weighted by molar-refractivity contribution is 5.60. The molecule has 2 fully saturated rings. The predicted octanol–water partition coefficient (Wildman–Crippen LogP) is -0.279. The third kappa shape index (κ3) is 3.63. The van der Waals surface area contributed by atoms with E-state index in [9.17, 15) is 18.4 Å². The molecule has 1 aromatic rings. The van der Waals surface area contributed by atoms with Gasteiger partial charge in [-0.1, -0.05) is 0 Å². The fourth-order valence-corrected chi connectivity index (χ4v) is 5.17. The van der Waals surface area contributed by atoms with Crippen LogP contribution in [0, 0.1) is 11.8 Å². The van der Waals surface area contributed by atoms with Crippen LogP contribution in [0.25, 0.3) is 11.3 Å². The number of nitrogens with zero attached hydrogens (tertiary/aromatic N) is 2. The first-order valence-electron chi connectivity index (χ1n) is 10.7. The van der Waals surface area contributed by atoms with Crippen molar-refractivity contribution in [3.05, 3.63) is 31.4 Å². The molecule has 0 amide bonds. The van der Waals surface area contributed by atoms with Crippen LogP contribution in [-0.4, -0.2) is 66.3 Å². The van der Waals surface area contributed by atoms with Crippen LogP contribution in [-0.2, 0) is 4.74 Å². The van der Waals surface area contributed by atoms with Crippen molar-refractivity contribution in [2.24, 2.45) is 17.6 Å². The first-order chi connectivity index (χ1) is 14.8. The van der Waals surface area contributed by atoms with Crippen LogP contribution in [0.15, 0.2) is 9.59 Å². The lowest BCUT2D eigenvalue weighted by Crippen LogP contribution is -2.61. The van der Waals surface area contributed by atoms with Crippen molar-refractivity contribution in [2.45, 2.75) is 50.5 Å². The normalized spacial score (nSPS) is 27.6. The number of alkyl halides is 3. The van der Waals surface area contributed by atoms with Crippen LogP contribution >= 0.6 is 0 Å². The topological polar surface area (TPSA) is 93.3 Å². The minimum atomic E-state index is -1.61. The van der Waals surface area contributed by atoms with E-state index in [4.69, 9.17) is 10.5 Å². The van der Waals surface area contributed by atoms with E-state index in [0.717, 1.165) is 12.8 Å². The average Bonchev–Trinajstić information content (AvgIpc) is 3.46. The van der Waals surface area contributed by atoms with Crippen LogP contribution in [0.5, 0.6) is 0 Å². The number of nitrogens with one attached hydrogen (secondary N) is 1. The number of rotatable bonds is 7. The Bertz CT molecular complexity index is 1080. The van der Waals surface area contributed by atoms with Crippen LogP contribution in [0.3, 0.4) is 0 Å². The Morgan fingerprint density at radius 1 is 1.23 bits per heavy atom. The van der Waals surface area contributed by atoms with Crippen LogP contribution in [0.4, 0.5) is 13.2 Å². The smallest absolute Gasteiger partial charge is 0.329 e. The number of H-pyrrole nitrogens is 1. The van der Waals surface area contributed by atoms with Crippen molar-refractivity contribution < 1.29 is 17.9 Å². The van der Waals surface area contributed by atoms with Crippen molar-refractivity contribution in [3.63, 3.8) is 0 Å². The van der Waals surface area contributed by atoms with Gasteiger partial charge in [-0.3, -0.25) is 28.0 Å². The Morgan fingerprint density at radius 3 is 2.48 bits per heavy atom. The molecular formula is C21H29F3N4O3. The van der Waals surface area contributed by atoms with Crippen LogP contribution in [0.1, 0.15) is 32.2 Å². The Hall–Kier alpha value is -2.07. The molecule has 172 valence electrons. The van der Waals surface area contributed by atoms with Gasteiger partial charge < -0.3 is 10.5 Å². The highest BCUT2D eigenvalue weighted by atomic mass is 19.1. The Morgan fingerprint density at radius 2 is 1.90 bits per heavy atom. The molecular weight excluding hydrogens is 413 g/mol. The van der Waals surface area contributed by atoms with Crippen molar-refractivity contribution in [2.75, 3.05) is 33.5 Å². The van der Waals surface area contributed by atoms with E-state index < -0.39 is 48.8 Å². The first-order valence-corrected chi connectivity index (χ1v) is 10.7. The van der Waals surface area contributed by atoms with Crippen molar-refractivity contribution >= 4 is 11.3 Å². The summed E-state index contributed by atoms with van der Waals surface area (Å²) in [6.45, 7) is 0.942. The molecule has 4 rings (SSSR count). The van der Waals surface area contributed by atoms with E-state index in [1.807, 2.05) is 4.90 Å². The molecule has 7 nitrogen and oxygen atoms in total. The molecule has 1 saturated carbocycles. The van der Waals surface area contributed by atoms with E-state index in [-0.39, 0.29) is 22.9 Å². The van der Waals surface area contributed by atoms with E-state index in [1.165, 1.54) is 7.11 Å². The van der Waals surface area contributed by atoms with Gasteiger partial charge in [0.2, 0.25) is 0 Å². The van der Waals surface area contributed by atoms with Crippen molar-refractivity contribution in [1.82, 2.24) is 14.5 Å². The number of methoxy groups -OCH3 is 1. The van der Waals surface area contributed by atoms with Crippen molar-refractivity contribution in [1.29, 1.82) is 0 Å². The lowest BCUT2D eigenvalue weighted by Gasteiger charge is -2.35. The molecule has 4 unspecified atom stereocenters. The second-order valence-corrected chi connectivity index (χ2v) is 8.87. The number of hydrogen-bond acceptors (Lipinski definition) is 5. The number of aromatic nitrogens is 2. The molecule has 4 atom stereocenters. The quantitative estimate of drug-likeness (QED) is 0.606. The van der Waals surface area contributed by atoms with E-state index in [2.05, 4.69) is 4.98 Å². The number of halogens is 3. The summed E-state index contributed by atoms with van der Waals surface area (Å²) in [5.41, 5.74) is 5.53. The second-order valence-electron chi connectivity index (χ2n) is 8.87. The molecule has 0 radical (unpaired) electrons. The van der Waals surface area contributed by atoms with Crippen LogP contribution in [0.2, 0.25) is 0 Å². The van der Waals surface area contributed by atoms with Crippen LogP contribution < -0.4 is 27.6 Å². The summed E-state index contributed by atoms with van der Waals surface area (Å²) in [7, 11) is 1.31. The summed E-state index contributed by atoms with van der Waals surface area (Å²) < 4.78 is 48.8. The molecule has 1 aromatic heterocycles. The van der Waals surface area contributed by atoms with Gasteiger partial charge in [-0.05, 0) is 44.2 Å². The predicted molar refractivity (Wildman–Crippen MR) is 110 cm³/mol.